The molecule has 1 unspecified atom stereocenters. The van der Waals surface area contributed by atoms with Crippen molar-refractivity contribution in [2.45, 2.75) is 37.4 Å². The van der Waals surface area contributed by atoms with Crippen molar-refractivity contribution in [1.82, 2.24) is 5.32 Å². The van der Waals surface area contributed by atoms with E-state index in [2.05, 4.69) is 5.32 Å². The van der Waals surface area contributed by atoms with Gasteiger partial charge in [-0.2, -0.15) is 13.2 Å². The van der Waals surface area contributed by atoms with Crippen molar-refractivity contribution >= 4 is 5.91 Å². The molecule has 114 valence electrons. The van der Waals surface area contributed by atoms with Gasteiger partial charge in [-0.1, -0.05) is 24.3 Å². The minimum Gasteiger partial charge on any atom is -0.339 e. The number of rotatable bonds is 3. The smallest absolute Gasteiger partial charge is 0.339 e. The normalized spacial score (nSPS) is 22.1. The van der Waals surface area contributed by atoms with Gasteiger partial charge in [-0.15, -0.1) is 0 Å². The number of halogens is 4. The van der Waals surface area contributed by atoms with Crippen LogP contribution in [0, 0.1) is 5.82 Å². The molecule has 1 amide bonds. The van der Waals surface area contributed by atoms with Crippen LogP contribution in [0.1, 0.15) is 24.8 Å². The van der Waals surface area contributed by atoms with Crippen molar-refractivity contribution in [3.05, 3.63) is 47.8 Å². The van der Waals surface area contributed by atoms with Crippen molar-refractivity contribution < 1.29 is 22.4 Å². The molecule has 1 aromatic carbocycles. The van der Waals surface area contributed by atoms with Gasteiger partial charge in [0.15, 0.2) is 0 Å². The maximum atomic E-state index is 12.9. The molecule has 1 N–H and O–H groups in total. The molecule has 0 aromatic heterocycles. The first-order chi connectivity index (χ1) is 9.81. The van der Waals surface area contributed by atoms with E-state index in [0.29, 0.717) is 18.4 Å². The third kappa shape index (κ3) is 4.06. The van der Waals surface area contributed by atoms with E-state index in [1.165, 1.54) is 24.3 Å². The molecule has 1 aromatic rings. The Kier molecular flexibility index (Phi) is 4.34. The fraction of sp³-hybridized carbons (Fsp3) is 0.400. The van der Waals surface area contributed by atoms with Gasteiger partial charge < -0.3 is 5.32 Å². The van der Waals surface area contributed by atoms with Crippen LogP contribution in [0.25, 0.3) is 0 Å². The van der Waals surface area contributed by atoms with Gasteiger partial charge in [0, 0.05) is 0 Å². The standard InChI is InChI=1S/C15H15F4NO/c16-12-6-4-11(5-7-12)10-14(8-2-1-3-9-14)20-13(21)15(17,18)19/h2,4-8H,1,3,9-10H2,(H,20,21). The number of amides is 1. The van der Waals surface area contributed by atoms with Crippen LogP contribution >= 0.6 is 0 Å². The van der Waals surface area contributed by atoms with Crippen LogP contribution < -0.4 is 5.32 Å². The molecule has 1 aliphatic rings. The molecule has 0 bridgehead atoms. The molecule has 6 heteroatoms. The monoisotopic (exact) mass is 301 g/mol. The third-order valence-corrected chi connectivity index (χ3v) is 3.48. The second-order valence-electron chi connectivity index (χ2n) is 5.21. The van der Waals surface area contributed by atoms with Gasteiger partial charge in [0.25, 0.3) is 0 Å². The highest BCUT2D eigenvalue weighted by atomic mass is 19.4. The molecular weight excluding hydrogens is 286 g/mol. The maximum absolute atomic E-state index is 12.9. The predicted octanol–water partition coefficient (Wildman–Crippen LogP) is 3.53. The van der Waals surface area contributed by atoms with Crippen molar-refractivity contribution in [2.24, 2.45) is 0 Å². The zero-order valence-electron chi connectivity index (χ0n) is 11.2. The van der Waals surface area contributed by atoms with Crippen LogP contribution in [-0.2, 0) is 11.2 Å². The molecule has 0 spiro atoms. The first kappa shape index (κ1) is 15.5. The number of allylic oxidation sites excluding steroid dienone is 1. The highest BCUT2D eigenvalue weighted by Crippen LogP contribution is 2.28. The summed E-state index contributed by atoms with van der Waals surface area (Å²) in [6.07, 6.45) is 0.547. The lowest BCUT2D eigenvalue weighted by molar-refractivity contribution is -0.175. The van der Waals surface area contributed by atoms with Crippen LogP contribution in [-0.4, -0.2) is 17.6 Å². The maximum Gasteiger partial charge on any atom is 0.471 e. The van der Waals surface area contributed by atoms with E-state index in [-0.39, 0.29) is 6.42 Å². The molecule has 2 nitrogen and oxygen atoms in total. The molecule has 0 saturated carbocycles. The Balaban J connectivity index is 2.21. The van der Waals surface area contributed by atoms with Crippen molar-refractivity contribution in [3.8, 4) is 0 Å². The topological polar surface area (TPSA) is 29.1 Å². The van der Waals surface area contributed by atoms with Gasteiger partial charge >= 0.3 is 12.1 Å². The van der Waals surface area contributed by atoms with E-state index in [4.69, 9.17) is 0 Å². The number of hydrogen-bond acceptors (Lipinski definition) is 1. The first-order valence-corrected chi connectivity index (χ1v) is 6.62. The Morgan fingerprint density at radius 2 is 1.90 bits per heavy atom. The fourth-order valence-corrected chi connectivity index (χ4v) is 2.49. The van der Waals surface area contributed by atoms with E-state index in [1.54, 1.807) is 12.2 Å². The lowest BCUT2D eigenvalue weighted by Gasteiger charge is -2.34. The van der Waals surface area contributed by atoms with Gasteiger partial charge in [0.2, 0.25) is 0 Å². The largest absolute Gasteiger partial charge is 0.471 e. The molecule has 1 aliphatic carbocycles. The molecule has 0 fully saturated rings. The Morgan fingerprint density at radius 3 is 2.43 bits per heavy atom. The average Bonchev–Trinajstić information content (AvgIpc) is 2.41. The van der Waals surface area contributed by atoms with Crippen LogP contribution in [0.4, 0.5) is 17.6 Å². The summed E-state index contributed by atoms with van der Waals surface area (Å²) >= 11 is 0. The number of benzene rings is 1. The van der Waals surface area contributed by atoms with E-state index in [9.17, 15) is 22.4 Å². The number of hydrogen-bond donors (Lipinski definition) is 1. The highest BCUT2D eigenvalue weighted by molar-refractivity contribution is 5.82. The lowest BCUT2D eigenvalue weighted by Crippen LogP contribution is -2.53. The summed E-state index contributed by atoms with van der Waals surface area (Å²) in [5.74, 6) is -2.36. The van der Waals surface area contributed by atoms with Crippen LogP contribution in [0.5, 0.6) is 0 Å². The fourth-order valence-electron chi connectivity index (χ4n) is 2.49. The second kappa shape index (κ2) is 5.87. The van der Waals surface area contributed by atoms with Gasteiger partial charge in [0.05, 0.1) is 5.54 Å². The minimum absolute atomic E-state index is 0.200. The zero-order valence-corrected chi connectivity index (χ0v) is 11.2. The molecule has 0 radical (unpaired) electrons. The van der Waals surface area contributed by atoms with Crippen molar-refractivity contribution in [3.63, 3.8) is 0 Å². The minimum atomic E-state index is -4.92. The summed E-state index contributed by atoms with van der Waals surface area (Å²) in [6, 6.07) is 5.53. The lowest BCUT2D eigenvalue weighted by atomic mass is 9.82. The summed E-state index contributed by atoms with van der Waals surface area (Å²) in [5.41, 5.74) is -0.395. The molecule has 0 saturated heterocycles. The quantitative estimate of drug-likeness (QED) is 0.671. The number of alkyl halides is 3. The number of carbonyl (C=O) groups excluding carboxylic acids is 1. The van der Waals surface area contributed by atoms with E-state index >= 15 is 0 Å². The Bertz CT molecular complexity index is 536. The number of carbonyl (C=O) groups is 1. The third-order valence-electron chi connectivity index (χ3n) is 3.48. The SMILES string of the molecule is O=C(NC1(Cc2ccc(F)cc2)C=CCCC1)C(F)(F)F. The van der Waals surface area contributed by atoms with Gasteiger partial charge in [-0.25, -0.2) is 4.39 Å². The summed E-state index contributed by atoms with van der Waals surface area (Å²) in [7, 11) is 0. The van der Waals surface area contributed by atoms with Gasteiger partial charge in [-0.3, -0.25) is 4.79 Å². The molecule has 0 aliphatic heterocycles. The number of nitrogens with one attached hydrogen (secondary N) is 1. The zero-order chi connectivity index (χ0) is 15.5. The Labute approximate surface area is 119 Å². The van der Waals surface area contributed by atoms with Crippen molar-refractivity contribution in [2.75, 3.05) is 0 Å². The molecule has 1 atom stereocenters. The molecule has 2 rings (SSSR count). The predicted molar refractivity (Wildman–Crippen MR) is 70.0 cm³/mol. The first-order valence-electron chi connectivity index (χ1n) is 6.62. The Morgan fingerprint density at radius 1 is 1.24 bits per heavy atom. The van der Waals surface area contributed by atoms with E-state index < -0.39 is 23.4 Å². The summed E-state index contributed by atoms with van der Waals surface area (Å²) in [5, 5.41) is 2.09. The summed E-state index contributed by atoms with van der Waals surface area (Å²) < 4.78 is 50.3. The average molecular weight is 301 g/mol. The molecule has 0 heterocycles. The van der Waals surface area contributed by atoms with Crippen molar-refractivity contribution in [1.29, 1.82) is 0 Å². The van der Waals surface area contributed by atoms with E-state index in [1.807, 2.05) is 0 Å². The summed E-state index contributed by atoms with van der Waals surface area (Å²) in [6.45, 7) is 0. The summed E-state index contributed by atoms with van der Waals surface area (Å²) in [4.78, 5) is 11.3. The highest BCUT2D eigenvalue weighted by Gasteiger charge is 2.43. The molecular formula is C15H15F4NO. The Hall–Kier alpha value is -1.85. The second-order valence-corrected chi connectivity index (χ2v) is 5.21. The van der Waals surface area contributed by atoms with Crippen LogP contribution in [0.3, 0.4) is 0 Å². The van der Waals surface area contributed by atoms with E-state index in [0.717, 1.165) is 6.42 Å². The van der Waals surface area contributed by atoms with Crippen LogP contribution in [0.2, 0.25) is 0 Å². The van der Waals surface area contributed by atoms with Gasteiger partial charge in [0.1, 0.15) is 5.82 Å². The molecule has 21 heavy (non-hydrogen) atoms. The van der Waals surface area contributed by atoms with Crippen LogP contribution in [0.15, 0.2) is 36.4 Å². The van der Waals surface area contributed by atoms with Gasteiger partial charge in [-0.05, 0) is 43.4 Å².